The Hall–Kier alpha value is -3.33. The molecular formula is C19H17N3O3. The standard InChI is InChI=1S/C19H17N3O3/c1-13-10-17(19(24)22(13)15-6-3-2-4-7-15)21-18(23)14(12-20)11-16-8-5-9-25-16/h2-9,11,13,17H,10H2,1H3,(H,21,23)/b14-11+. The molecule has 2 heterocycles. The van der Waals surface area contributed by atoms with Crippen LogP contribution in [-0.2, 0) is 9.59 Å². The van der Waals surface area contributed by atoms with E-state index < -0.39 is 11.9 Å². The van der Waals surface area contributed by atoms with Crippen LogP contribution < -0.4 is 10.2 Å². The van der Waals surface area contributed by atoms with Gasteiger partial charge in [-0.2, -0.15) is 5.26 Å². The maximum atomic E-state index is 12.7. The van der Waals surface area contributed by atoms with Gasteiger partial charge in [0.25, 0.3) is 5.91 Å². The second kappa shape index (κ2) is 7.05. The number of hydrogen-bond donors (Lipinski definition) is 1. The number of benzene rings is 1. The predicted octanol–water partition coefficient (Wildman–Crippen LogP) is 2.50. The van der Waals surface area contributed by atoms with Gasteiger partial charge < -0.3 is 14.6 Å². The van der Waals surface area contributed by atoms with Gasteiger partial charge in [-0.3, -0.25) is 9.59 Å². The van der Waals surface area contributed by atoms with Crippen LogP contribution in [0, 0.1) is 11.3 Å². The van der Waals surface area contributed by atoms with Crippen molar-refractivity contribution in [2.45, 2.75) is 25.4 Å². The van der Waals surface area contributed by atoms with Crippen molar-refractivity contribution in [2.24, 2.45) is 0 Å². The minimum Gasteiger partial charge on any atom is -0.465 e. The first-order valence-electron chi connectivity index (χ1n) is 7.94. The maximum Gasteiger partial charge on any atom is 0.262 e. The Bertz CT molecular complexity index is 835. The third kappa shape index (κ3) is 3.45. The van der Waals surface area contributed by atoms with Crippen LogP contribution in [0.5, 0.6) is 0 Å². The molecule has 3 rings (SSSR count). The maximum absolute atomic E-state index is 12.7. The van der Waals surface area contributed by atoms with Gasteiger partial charge in [-0.1, -0.05) is 18.2 Å². The highest BCUT2D eigenvalue weighted by atomic mass is 16.3. The van der Waals surface area contributed by atoms with Gasteiger partial charge in [0.1, 0.15) is 23.4 Å². The normalized spacial score (nSPS) is 20.4. The minimum absolute atomic E-state index is 0.0419. The van der Waals surface area contributed by atoms with E-state index in [1.54, 1.807) is 17.0 Å². The molecule has 2 aromatic rings. The monoisotopic (exact) mass is 335 g/mol. The van der Waals surface area contributed by atoms with Crippen LogP contribution in [0.1, 0.15) is 19.1 Å². The average molecular weight is 335 g/mol. The van der Waals surface area contributed by atoms with Crippen molar-refractivity contribution in [3.8, 4) is 6.07 Å². The Kier molecular flexibility index (Phi) is 4.66. The van der Waals surface area contributed by atoms with Gasteiger partial charge in [-0.05, 0) is 37.6 Å². The number of para-hydroxylation sites is 1. The number of furan rings is 1. The van der Waals surface area contributed by atoms with Crippen LogP contribution in [0.2, 0.25) is 0 Å². The quantitative estimate of drug-likeness (QED) is 0.687. The smallest absolute Gasteiger partial charge is 0.262 e. The van der Waals surface area contributed by atoms with Crippen molar-refractivity contribution >= 4 is 23.6 Å². The lowest BCUT2D eigenvalue weighted by molar-refractivity contribution is -0.124. The summed E-state index contributed by atoms with van der Waals surface area (Å²) in [5.41, 5.74) is 0.692. The van der Waals surface area contributed by atoms with Crippen LogP contribution in [-0.4, -0.2) is 23.9 Å². The first-order chi connectivity index (χ1) is 12.1. The molecule has 25 heavy (non-hydrogen) atoms. The summed E-state index contributed by atoms with van der Waals surface area (Å²) in [7, 11) is 0. The fourth-order valence-electron chi connectivity index (χ4n) is 2.92. The van der Waals surface area contributed by atoms with Crippen LogP contribution >= 0.6 is 0 Å². The number of anilines is 1. The van der Waals surface area contributed by atoms with E-state index in [1.165, 1.54) is 12.3 Å². The number of amides is 2. The molecule has 1 N–H and O–H groups in total. The van der Waals surface area contributed by atoms with Gasteiger partial charge in [0.15, 0.2) is 0 Å². The van der Waals surface area contributed by atoms with E-state index in [-0.39, 0.29) is 17.5 Å². The summed E-state index contributed by atoms with van der Waals surface area (Å²) in [6.07, 6.45) is 3.30. The molecule has 1 aliphatic rings. The van der Waals surface area contributed by atoms with E-state index in [2.05, 4.69) is 5.32 Å². The van der Waals surface area contributed by atoms with E-state index >= 15 is 0 Å². The number of hydrogen-bond acceptors (Lipinski definition) is 4. The molecule has 2 amide bonds. The highest BCUT2D eigenvalue weighted by molar-refractivity contribution is 6.06. The summed E-state index contributed by atoms with van der Waals surface area (Å²) in [5, 5.41) is 11.9. The van der Waals surface area contributed by atoms with Crippen LogP contribution in [0.15, 0.2) is 58.7 Å². The largest absolute Gasteiger partial charge is 0.465 e. The lowest BCUT2D eigenvalue weighted by Crippen LogP contribution is -2.42. The van der Waals surface area contributed by atoms with Crippen molar-refractivity contribution in [3.63, 3.8) is 0 Å². The molecule has 0 bridgehead atoms. The van der Waals surface area contributed by atoms with Crippen LogP contribution in [0.4, 0.5) is 5.69 Å². The molecule has 1 aliphatic heterocycles. The number of rotatable bonds is 4. The Morgan fingerprint density at radius 2 is 2.08 bits per heavy atom. The number of nitrogens with one attached hydrogen (secondary N) is 1. The zero-order valence-electron chi connectivity index (χ0n) is 13.7. The third-order valence-corrected chi connectivity index (χ3v) is 4.09. The Morgan fingerprint density at radius 1 is 1.32 bits per heavy atom. The average Bonchev–Trinajstić information content (AvgIpc) is 3.22. The Balaban J connectivity index is 1.74. The molecular weight excluding hydrogens is 318 g/mol. The summed E-state index contributed by atoms with van der Waals surface area (Å²) >= 11 is 0. The van der Waals surface area contributed by atoms with Gasteiger partial charge in [0, 0.05) is 17.8 Å². The molecule has 6 nitrogen and oxygen atoms in total. The van der Waals surface area contributed by atoms with Crippen molar-refractivity contribution in [1.82, 2.24) is 5.32 Å². The molecule has 1 fully saturated rings. The number of carbonyl (C=O) groups excluding carboxylic acids is 2. The molecule has 6 heteroatoms. The van der Waals surface area contributed by atoms with Gasteiger partial charge in [0.2, 0.25) is 5.91 Å². The van der Waals surface area contributed by atoms with E-state index in [1.807, 2.05) is 43.3 Å². The third-order valence-electron chi connectivity index (χ3n) is 4.09. The molecule has 0 aliphatic carbocycles. The second-order valence-electron chi connectivity index (χ2n) is 5.84. The molecule has 1 saturated heterocycles. The lowest BCUT2D eigenvalue weighted by atomic mass is 10.1. The first-order valence-corrected chi connectivity index (χ1v) is 7.94. The fourth-order valence-corrected chi connectivity index (χ4v) is 2.92. The van der Waals surface area contributed by atoms with Gasteiger partial charge >= 0.3 is 0 Å². The van der Waals surface area contributed by atoms with E-state index in [0.29, 0.717) is 12.2 Å². The summed E-state index contributed by atoms with van der Waals surface area (Å²) in [6, 6.07) is 13.8. The molecule has 0 saturated carbocycles. The zero-order valence-corrected chi connectivity index (χ0v) is 13.7. The number of nitrogens with zero attached hydrogens (tertiary/aromatic N) is 2. The van der Waals surface area contributed by atoms with E-state index in [4.69, 9.17) is 4.42 Å². The molecule has 1 aromatic carbocycles. The predicted molar refractivity (Wildman–Crippen MR) is 92.2 cm³/mol. The highest BCUT2D eigenvalue weighted by Crippen LogP contribution is 2.26. The van der Waals surface area contributed by atoms with Crippen molar-refractivity contribution in [1.29, 1.82) is 5.26 Å². The molecule has 0 spiro atoms. The Morgan fingerprint density at radius 3 is 2.72 bits per heavy atom. The molecule has 0 radical (unpaired) electrons. The van der Waals surface area contributed by atoms with Crippen LogP contribution in [0.25, 0.3) is 6.08 Å². The molecule has 2 atom stereocenters. The van der Waals surface area contributed by atoms with Gasteiger partial charge in [-0.15, -0.1) is 0 Å². The van der Waals surface area contributed by atoms with Crippen LogP contribution in [0.3, 0.4) is 0 Å². The summed E-state index contributed by atoms with van der Waals surface area (Å²) in [6.45, 7) is 1.93. The summed E-state index contributed by atoms with van der Waals surface area (Å²) < 4.78 is 5.12. The van der Waals surface area contributed by atoms with E-state index in [0.717, 1.165) is 5.69 Å². The second-order valence-corrected chi connectivity index (χ2v) is 5.84. The van der Waals surface area contributed by atoms with Gasteiger partial charge in [0.05, 0.1) is 6.26 Å². The highest BCUT2D eigenvalue weighted by Gasteiger charge is 2.39. The zero-order chi connectivity index (χ0) is 17.8. The fraction of sp³-hybridized carbons (Fsp3) is 0.211. The topological polar surface area (TPSA) is 86.3 Å². The van der Waals surface area contributed by atoms with E-state index in [9.17, 15) is 14.9 Å². The molecule has 2 unspecified atom stereocenters. The minimum atomic E-state index is -0.656. The lowest BCUT2D eigenvalue weighted by Gasteiger charge is -2.21. The summed E-state index contributed by atoms with van der Waals surface area (Å²) in [5.74, 6) is -0.356. The van der Waals surface area contributed by atoms with Crippen molar-refractivity contribution in [2.75, 3.05) is 4.90 Å². The Labute approximate surface area is 145 Å². The SMILES string of the molecule is CC1CC(NC(=O)/C(C#N)=C/c2ccco2)C(=O)N1c1ccccc1. The molecule has 126 valence electrons. The van der Waals surface area contributed by atoms with Crippen molar-refractivity contribution in [3.05, 3.63) is 60.1 Å². The molecule has 1 aromatic heterocycles. The van der Waals surface area contributed by atoms with Gasteiger partial charge in [-0.25, -0.2) is 0 Å². The number of carbonyl (C=O) groups is 2. The number of nitriles is 1. The van der Waals surface area contributed by atoms with Crippen molar-refractivity contribution < 1.29 is 14.0 Å². The summed E-state index contributed by atoms with van der Waals surface area (Å²) in [4.78, 5) is 26.7. The first kappa shape index (κ1) is 16.5.